The molecule has 2 saturated heterocycles. The van der Waals surface area contributed by atoms with Crippen LogP contribution in [0.4, 0.5) is 15.6 Å². The quantitative estimate of drug-likeness (QED) is 0.711. The molecule has 1 aromatic carbocycles. The van der Waals surface area contributed by atoms with Crippen LogP contribution in [0.1, 0.15) is 49.0 Å². The van der Waals surface area contributed by atoms with Crippen LogP contribution in [-0.4, -0.2) is 77.7 Å². The number of aromatic nitrogens is 1. The number of ether oxygens (including phenoxy) is 1. The van der Waals surface area contributed by atoms with Gasteiger partial charge in [0.2, 0.25) is 0 Å². The van der Waals surface area contributed by atoms with Crippen molar-refractivity contribution in [3.05, 3.63) is 40.4 Å². The molecule has 2 fully saturated rings. The van der Waals surface area contributed by atoms with Crippen LogP contribution in [0.15, 0.2) is 24.3 Å². The standard InChI is InChI=1S/C25H33N5O3S.H2/c1-16-14-29(15-17(2)33-16)23(31)22-18(3)26-25(34-22)28-11-9-20(10-12-28)30-13-8-19-6-4-5-7-21(19)27-24(30)32;/h4-7,16-17,20H,8-15H2,1-3H3,(H,27,32);1H. The fourth-order valence-corrected chi connectivity index (χ4v) is 6.40. The summed E-state index contributed by atoms with van der Waals surface area (Å²) in [6.45, 7) is 9.56. The third-order valence-electron chi connectivity index (χ3n) is 7.00. The fraction of sp³-hybridized carbons (Fsp3) is 0.560. The molecule has 5 rings (SSSR count). The van der Waals surface area contributed by atoms with Crippen molar-refractivity contribution < 1.29 is 15.8 Å². The van der Waals surface area contributed by atoms with E-state index in [-0.39, 0.29) is 31.6 Å². The van der Waals surface area contributed by atoms with E-state index in [1.165, 1.54) is 16.9 Å². The lowest BCUT2D eigenvalue weighted by atomic mass is 10.0. The Hall–Kier alpha value is -2.65. The number of thiazole rings is 1. The van der Waals surface area contributed by atoms with Crippen molar-refractivity contribution in [2.75, 3.05) is 42.9 Å². The van der Waals surface area contributed by atoms with Crippen LogP contribution in [0, 0.1) is 6.92 Å². The van der Waals surface area contributed by atoms with E-state index in [9.17, 15) is 9.59 Å². The van der Waals surface area contributed by atoms with Gasteiger partial charge in [0.25, 0.3) is 5.91 Å². The molecule has 184 valence electrons. The van der Waals surface area contributed by atoms with Gasteiger partial charge in [-0.25, -0.2) is 9.78 Å². The second kappa shape index (κ2) is 9.54. The van der Waals surface area contributed by atoms with Gasteiger partial charge < -0.3 is 24.8 Å². The van der Waals surface area contributed by atoms with Crippen LogP contribution in [0.25, 0.3) is 0 Å². The smallest absolute Gasteiger partial charge is 0.322 e. The number of urea groups is 1. The van der Waals surface area contributed by atoms with Gasteiger partial charge in [-0.1, -0.05) is 29.5 Å². The number of hydrogen-bond donors (Lipinski definition) is 1. The number of morpholine rings is 1. The number of para-hydroxylation sites is 1. The minimum absolute atomic E-state index is 0. The Morgan fingerprint density at radius 3 is 2.59 bits per heavy atom. The number of piperidine rings is 1. The molecule has 3 amide bonds. The molecule has 2 unspecified atom stereocenters. The summed E-state index contributed by atoms with van der Waals surface area (Å²) in [6, 6.07) is 8.25. The van der Waals surface area contributed by atoms with E-state index >= 15 is 0 Å². The molecule has 0 saturated carbocycles. The predicted molar refractivity (Wildman–Crippen MR) is 136 cm³/mol. The normalized spacial score (nSPS) is 24.0. The first-order chi connectivity index (χ1) is 16.4. The summed E-state index contributed by atoms with van der Waals surface area (Å²) < 4.78 is 5.78. The van der Waals surface area contributed by atoms with Crippen molar-refractivity contribution in [3.8, 4) is 0 Å². The summed E-state index contributed by atoms with van der Waals surface area (Å²) in [5.74, 6) is 0.0546. The number of amides is 3. The lowest BCUT2D eigenvalue weighted by Gasteiger charge is -2.37. The molecule has 3 aliphatic heterocycles. The number of carbonyl (C=O) groups excluding carboxylic acids is 2. The second-order valence-corrected chi connectivity index (χ2v) is 10.6. The van der Waals surface area contributed by atoms with E-state index in [0.29, 0.717) is 13.1 Å². The van der Waals surface area contributed by atoms with E-state index in [4.69, 9.17) is 9.72 Å². The molecule has 4 heterocycles. The topological polar surface area (TPSA) is 78.0 Å². The van der Waals surface area contributed by atoms with Crippen molar-refractivity contribution >= 4 is 34.1 Å². The molecule has 1 N–H and O–H groups in total. The zero-order chi connectivity index (χ0) is 23.8. The molecule has 9 heteroatoms. The maximum absolute atomic E-state index is 13.2. The lowest BCUT2D eigenvalue weighted by Crippen LogP contribution is -2.49. The first-order valence-corrected chi connectivity index (χ1v) is 13.0. The molecule has 3 aliphatic rings. The van der Waals surface area contributed by atoms with Gasteiger partial charge in [0.05, 0.1) is 17.9 Å². The molecule has 0 radical (unpaired) electrons. The minimum atomic E-state index is -0.00431. The summed E-state index contributed by atoms with van der Waals surface area (Å²) in [5.41, 5.74) is 2.91. The maximum Gasteiger partial charge on any atom is 0.322 e. The molecule has 1 aromatic heterocycles. The highest BCUT2D eigenvalue weighted by atomic mass is 32.1. The molecule has 0 bridgehead atoms. The number of rotatable bonds is 3. The van der Waals surface area contributed by atoms with Crippen LogP contribution in [0.5, 0.6) is 0 Å². The summed E-state index contributed by atoms with van der Waals surface area (Å²) in [5, 5.41) is 3.99. The van der Waals surface area contributed by atoms with E-state index < -0.39 is 0 Å². The Labute approximate surface area is 206 Å². The van der Waals surface area contributed by atoms with Crippen LogP contribution in [0.2, 0.25) is 0 Å². The SMILES string of the molecule is Cc1nc(N2CCC(N3CCc4ccccc4NC3=O)CC2)sc1C(=O)N1CC(C)OC(C)C1.[HH]. The summed E-state index contributed by atoms with van der Waals surface area (Å²) >= 11 is 1.49. The van der Waals surface area contributed by atoms with Gasteiger partial charge in [-0.05, 0) is 51.7 Å². The minimum Gasteiger partial charge on any atom is -0.372 e. The van der Waals surface area contributed by atoms with Crippen molar-refractivity contribution in [3.63, 3.8) is 0 Å². The average Bonchev–Trinajstić information content (AvgIpc) is 3.12. The molecule has 2 aromatic rings. The average molecular weight is 486 g/mol. The van der Waals surface area contributed by atoms with Gasteiger partial charge in [0.15, 0.2) is 5.13 Å². The van der Waals surface area contributed by atoms with E-state index in [0.717, 1.165) is 60.3 Å². The summed E-state index contributed by atoms with van der Waals surface area (Å²) in [6.07, 6.45) is 2.74. The maximum atomic E-state index is 13.2. The first kappa shape index (κ1) is 23.1. The van der Waals surface area contributed by atoms with Crippen molar-refractivity contribution in [1.29, 1.82) is 0 Å². The molecule has 34 heavy (non-hydrogen) atoms. The predicted octanol–water partition coefficient (Wildman–Crippen LogP) is 4.01. The molecule has 8 nitrogen and oxygen atoms in total. The zero-order valence-electron chi connectivity index (χ0n) is 20.1. The van der Waals surface area contributed by atoms with E-state index in [1.807, 2.05) is 48.8 Å². The van der Waals surface area contributed by atoms with Gasteiger partial charge in [-0.3, -0.25) is 4.79 Å². The highest BCUT2D eigenvalue weighted by Gasteiger charge is 2.33. The Kier molecular flexibility index (Phi) is 6.48. The van der Waals surface area contributed by atoms with Crippen molar-refractivity contribution in [2.24, 2.45) is 0 Å². The number of nitrogens with one attached hydrogen (secondary N) is 1. The lowest BCUT2D eigenvalue weighted by molar-refractivity contribution is -0.0585. The van der Waals surface area contributed by atoms with Gasteiger partial charge in [-0.2, -0.15) is 0 Å². The monoisotopic (exact) mass is 485 g/mol. The molecule has 0 spiro atoms. The Balaban J connectivity index is 0.00000289. The number of benzene rings is 1. The van der Waals surface area contributed by atoms with E-state index in [2.05, 4.69) is 16.3 Å². The van der Waals surface area contributed by atoms with Crippen LogP contribution < -0.4 is 10.2 Å². The van der Waals surface area contributed by atoms with Crippen molar-refractivity contribution in [2.45, 2.75) is 58.3 Å². The highest BCUT2D eigenvalue weighted by Crippen LogP contribution is 2.31. The van der Waals surface area contributed by atoms with Crippen LogP contribution in [0.3, 0.4) is 0 Å². The fourth-order valence-electron chi connectivity index (χ4n) is 5.31. The highest BCUT2D eigenvalue weighted by molar-refractivity contribution is 7.17. The number of anilines is 2. The Bertz CT molecular complexity index is 1060. The van der Waals surface area contributed by atoms with Gasteiger partial charge >= 0.3 is 6.03 Å². The summed E-state index contributed by atoms with van der Waals surface area (Å²) in [4.78, 5) is 37.7. The third kappa shape index (κ3) is 4.63. The van der Waals surface area contributed by atoms with Gasteiger partial charge in [0, 0.05) is 45.9 Å². The third-order valence-corrected chi connectivity index (χ3v) is 8.21. The molecular weight excluding hydrogens is 450 g/mol. The Morgan fingerprint density at radius 1 is 1.15 bits per heavy atom. The number of aryl methyl sites for hydroxylation is 1. The molecule has 2 atom stereocenters. The van der Waals surface area contributed by atoms with Gasteiger partial charge in [0.1, 0.15) is 4.88 Å². The molecule has 0 aliphatic carbocycles. The van der Waals surface area contributed by atoms with Gasteiger partial charge in [-0.15, -0.1) is 0 Å². The number of nitrogens with zero attached hydrogens (tertiary/aromatic N) is 4. The first-order valence-electron chi connectivity index (χ1n) is 12.2. The zero-order valence-corrected chi connectivity index (χ0v) is 20.9. The largest absolute Gasteiger partial charge is 0.372 e. The second-order valence-electron chi connectivity index (χ2n) is 9.63. The van der Waals surface area contributed by atoms with Crippen LogP contribution in [-0.2, 0) is 11.2 Å². The Morgan fingerprint density at radius 2 is 1.85 bits per heavy atom. The number of fused-ring (bicyclic) bond motifs is 1. The number of carbonyl (C=O) groups is 2. The van der Waals surface area contributed by atoms with Crippen molar-refractivity contribution in [1.82, 2.24) is 14.8 Å². The molecular formula is C25H35N5O3S. The van der Waals surface area contributed by atoms with Crippen LogP contribution >= 0.6 is 11.3 Å². The number of hydrogen-bond acceptors (Lipinski definition) is 6. The summed E-state index contributed by atoms with van der Waals surface area (Å²) in [7, 11) is 0. The van der Waals surface area contributed by atoms with E-state index in [1.54, 1.807) is 0 Å².